The predicted octanol–water partition coefficient (Wildman–Crippen LogP) is 3.64. The molecule has 1 aliphatic carbocycles. The molecule has 0 fully saturated rings. The topological polar surface area (TPSA) is 68.0 Å². The van der Waals surface area contributed by atoms with Gasteiger partial charge in [0.1, 0.15) is 5.76 Å². The number of nitrogens with zero attached hydrogens (tertiary/aromatic N) is 2. The number of hydrogen-bond donors (Lipinski definition) is 1. The Labute approximate surface area is 146 Å². The first-order valence-corrected chi connectivity index (χ1v) is 8.50. The summed E-state index contributed by atoms with van der Waals surface area (Å²) in [7, 11) is 0. The fourth-order valence-electron chi connectivity index (χ4n) is 3.24. The summed E-state index contributed by atoms with van der Waals surface area (Å²) < 4.78 is 5.31. The summed E-state index contributed by atoms with van der Waals surface area (Å²) >= 11 is 0. The maximum atomic E-state index is 12.4. The summed E-state index contributed by atoms with van der Waals surface area (Å²) in [4.78, 5) is 21.3. The van der Waals surface area contributed by atoms with E-state index in [2.05, 4.69) is 27.4 Å². The number of hydrogen-bond acceptors (Lipinski definition) is 5. The van der Waals surface area contributed by atoms with Crippen LogP contribution in [0.3, 0.4) is 0 Å². The molecular formula is C20H19N3O2. The van der Waals surface area contributed by atoms with Crippen LogP contribution in [0, 0.1) is 0 Å². The number of furan rings is 1. The maximum Gasteiger partial charge on any atom is 0.222 e. The lowest BCUT2D eigenvalue weighted by Crippen LogP contribution is -2.21. The number of anilines is 1. The molecule has 0 saturated heterocycles. The first-order chi connectivity index (χ1) is 12.3. The standard InChI is InChI=1S/C20H19N3O2/c24-19-12-15(14-5-2-1-3-6-14)11-18-17(19)13-22-20(23-18)21-9-8-16-7-4-10-25-16/h1-7,10,13,15H,8-9,11-12H2,(H,21,22,23)/t15-/m1/s1. The van der Waals surface area contributed by atoms with E-state index in [0.717, 1.165) is 24.3 Å². The van der Waals surface area contributed by atoms with Gasteiger partial charge in [0.25, 0.3) is 0 Å². The van der Waals surface area contributed by atoms with E-state index in [-0.39, 0.29) is 11.7 Å². The van der Waals surface area contributed by atoms with Gasteiger partial charge in [-0.25, -0.2) is 9.97 Å². The second kappa shape index (κ2) is 6.89. The molecule has 1 aliphatic rings. The van der Waals surface area contributed by atoms with Gasteiger partial charge >= 0.3 is 0 Å². The van der Waals surface area contributed by atoms with E-state index >= 15 is 0 Å². The van der Waals surface area contributed by atoms with Crippen molar-refractivity contribution in [2.75, 3.05) is 11.9 Å². The summed E-state index contributed by atoms with van der Waals surface area (Å²) in [6.07, 6.45) is 5.37. The molecule has 3 aromatic rings. The molecule has 1 aromatic carbocycles. The molecule has 1 N–H and O–H groups in total. The average Bonchev–Trinajstić information content (AvgIpc) is 3.16. The number of ketones is 1. The quantitative estimate of drug-likeness (QED) is 0.772. The van der Waals surface area contributed by atoms with Gasteiger partial charge in [0.2, 0.25) is 5.95 Å². The number of fused-ring (bicyclic) bond motifs is 1. The number of carbonyl (C=O) groups is 1. The second-order valence-electron chi connectivity index (χ2n) is 6.25. The van der Waals surface area contributed by atoms with Gasteiger partial charge in [-0.2, -0.15) is 0 Å². The molecule has 0 aliphatic heterocycles. The third kappa shape index (κ3) is 3.45. The molecule has 2 aromatic heterocycles. The van der Waals surface area contributed by atoms with Crippen molar-refractivity contribution in [2.45, 2.75) is 25.2 Å². The van der Waals surface area contributed by atoms with Gasteiger partial charge in [-0.15, -0.1) is 0 Å². The summed E-state index contributed by atoms with van der Waals surface area (Å²) in [5.41, 5.74) is 2.68. The Morgan fingerprint density at radius 3 is 2.80 bits per heavy atom. The molecule has 5 heteroatoms. The number of Topliss-reactive ketones (excluding diaryl/α,β-unsaturated/α-hetero) is 1. The molecule has 0 spiro atoms. The summed E-state index contributed by atoms with van der Waals surface area (Å²) in [5.74, 6) is 1.79. The highest BCUT2D eigenvalue weighted by atomic mass is 16.3. The Hall–Kier alpha value is -2.95. The first-order valence-electron chi connectivity index (χ1n) is 8.50. The van der Waals surface area contributed by atoms with E-state index in [1.807, 2.05) is 30.3 Å². The summed E-state index contributed by atoms with van der Waals surface area (Å²) in [5, 5.41) is 3.21. The molecule has 2 heterocycles. The molecule has 5 nitrogen and oxygen atoms in total. The van der Waals surface area contributed by atoms with Crippen molar-refractivity contribution in [3.8, 4) is 0 Å². The highest BCUT2D eigenvalue weighted by Crippen LogP contribution is 2.31. The van der Waals surface area contributed by atoms with E-state index in [9.17, 15) is 4.79 Å². The van der Waals surface area contributed by atoms with Gasteiger partial charge in [0.15, 0.2) is 5.78 Å². The van der Waals surface area contributed by atoms with Gasteiger partial charge in [-0.05, 0) is 30.0 Å². The van der Waals surface area contributed by atoms with Gasteiger partial charge < -0.3 is 9.73 Å². The molecule has 0 saturated carbocycles. The largest absolute Gasteiger partial charge is 0.469 e. The van der Waals surface area contributed by atoms with Crippen LogP contribution in [-0.4, -0.2) is 22.3 Å². The molecule has 126 valence electrons. The zero-order valence-electron chi connectivity index (χ0n) is 13.8. The van der Waals surface area contributed by atoms with Crippen LogP contribution in [0.1, 0.15) is 39.7 Å². The Kier molecular flexibility index (Phi) is 4.29. The number of rotatable bonds is 5. The molecule has 0 bridgehead atoms. The Morgan fingerprint density at radius 1 is 1.12 bits per heavy atom. The Bertz CT molecular complexity index is 860. The van der Waals surface area contributed by atoms with E-state index in [1.165, 1.54) is 5.56 Å². The fourth-order valence-corrected chi connectivity index (χ4v) is 3.24. The highest BCUT2D eigenvalue weighted by Gasteiger charge is 2.27. The predicted molar refractivity (Wildman–Crippen MR) is 94.8 cm³/mol. The van der Waals surface area contributed by atoms with Crippen LogP contribution in [0.5, 0.6) is 0 Å². The highest BCUT2D eigenvalue weighted by molar-refractivity contribution is 5.98. The van der Waals surface area contributed by atoms with E-state index in [4.69, 9.17) is 4.42 Å². The van der Waals surface area contributed by atoms with Gasteiger partial charge in [0.05, 0.1) is 17.5 Å². The van der Waals surface area contributed by atoms with Crippen molar-refractivity contribution in [3.63, 3.8) is 0 Å². The lowest BCUT2D eigenvalue weighted by molar-refractivity contribution is 0.0962. The van der Waals surface area contributed by atoms with E-state index < -0.39 is 0 Å². The molecule has 0 amide bonds. The van der Waals surface area contributed by atoms with Gasteiger partial charge in [-0.3, -0.25) is 4.79 Å². The fraction of sp³-hybridized carbons (Fsp3) is 0.250. The monoisotopic (exact) mass is 333 g/mol. The third-order valence-electron chi connectivity index (χ3n) is 4.55. The Morgan fingerprint density at radius 2 is 2.00 bits per heavy atom. The Balaban J connectivity index is 1.48. The van der Waals surface area contributed by atoms with Crippen molar-refractivity contribution in [1.29, 1.82) is 0 Å². The van der Waals surface area contributed by atoms with Crippen LogP contribution >= 0.6 is 0 Å². The molecule has 0 unspecified atom stereocenters. The van der Waals surface area contributed by atoms with Crippen molar-refractivity contribution in [2.24, 2.45) is 0 Å². The number of benzene rings is 1. The van der Waals surface area contributed by atoms with Crippen LogP contribution in [0.2, 0.25) is 0 Å². The SMILES string of the molecule is O=C1C[C@H](c2ccccc2)Cc2nc(NCCc3ccco3)ncc21. The second-order valence-corrected chi connectivity index (χ2v) is 6.25. The summed E-state index contributed by atoms with van der Waals surface area (Å²) in [6, 6.07) is 14.0. The van der Waals surface area contributed by atoms with Crippen LogP contribution in [-0.2, 0) is 12.8 Å². The van der Waals surface area contributed by atoms with Crippen molar-refractivity contribution in [1.82, 2.24) is 9.97 Å². The van der Waals surface area contributed by atoms with Gasteiger partial charge in [0, 0.05) is 25.6 Å². The van der Waals surface area contributed by atoms with E-state index in [0.29, 0.717) is 24.5 Å². The van der Waals surface area contributed by atoms with Crippen LogP contribution in [0.25, 0.3) is 0 Å². The van der Waals surface area contributed by atoms with Crippen LogP contribution in [0.4, 0.5) is 5.95 Å². The molecular weight excluding hydrogens is 314 g/mol. The molecule has 1 atom stereocenters. The third-order valence-corrected chi connectivity index (χ3v) is 4.55. The minimum atomic E-state index is 0.122. The minimum Gasteiger partial charge on any atom is -0.469 e. The lowest BCUT2D eigenvalue weighted by Gasteiger charge is -2.23. The lowest BCUT2D eigenvalue weighted by atomic mass is 9.82. The normalized spacial score (nSPS) is 16.5. The average molecular weight is 333 g/mol. The smallest absolute Gasteiger partial charge is 0.222 e. The van der Waals surface area contributed by atoms with E-state index in [1.54, 1.807) is 12.5 Å². The van der Waals surface area contributed by atoms with Crippen LogP contribution in [0.15, 0.2) is 59.3 Å². The van der Waals surface area contributed by atoms with Crippen molar-refractivity contribution < 1.29 is 9.21 Å². The first kappa shape index (κ1) is 15.6. The van der Waals surface area contributed by atoms with Crippen molar-refractivity contribution >= 4 is 11.7 Å². The number of carbonyl (C=O) groups excluding carboxylic acids is 1. The maximum absolute atomic E-state index is 12.4. The van der Waals surface area contributed by atoms with Gasteiger partial charge in [-0.1, -0.05) is 30.3 Å². The minimum absolute atomic E-state index is 0.122. The molecule has 4 rings (SSSR count). The number of aromatic nitrogens is 2. The zero-order chi connectivity index (χ0) is 17.1. The van der Waals surface area contributed by atoms with Crippen LogP contribution < -0.4 is 5.32 Å². The number of nitrogens with one attached hydrogen (secondary N) is 1. The summed E-state index contributed by atoms with van der Waals surface area (Å²) in [6.45, 7) is 0.683. The molecule has 0 radical (unpaired) electrons. The molecule has 25 heavy (non-hydrogen) atoms. The van der Waals surface area contributed by atoms with Crippen molar-refractivity contribution in [3.05, 3.63) is 77.5 Å². The zero-order valence-corrected chi connectivity index (χ0v) is 13.8.